The van der Waals surface area contributed by atoms with Crippen molar-refractivity contribution in [3.63, 3.8) is 0 Å². The number of rotatable bonds is 0. The van der Waals surface area contributed by atoms with E-state index >= 15 is 0 Å². The van der Waals surface area contributed by atoms with Crippen molar-refractivity contribution in [1.82, 2.24) is 0 Å². The SMILES string of the molecule is CC[O-].CC[O-].CC[O-].CC[O-].CC[O-].CC[O-].[Y+3].[Y+3]. The fraction of sp³-hybridized carbons (Fsp3) is 1.00. The molecule has 0 aliphatic heterocycles. The molecule has 6 nitrogen and oxygen atoms in total. The van der Waals surface area contributed by atoms with E-state index in [9.17, 15) is 0 Å². The predicted molar refractivity (Wildman–Crippen MR) is 63.2 cm³/mol. The van der Waals surface area contributed by atoms with Gasteiger partial charge in [0.2, 0.25) is 0 Å². The van der Waals surface area contributed by atoms with Crippen molar-refractivity contribution in [2.75, 3.05) is 39.6 Å². The fourth-order valence-corrected chi connectivity index (χ4v) is 0. The Morgan fingerprint density at radius 2 is 0.350 bits per heavy atom. The average molecular weight is 448 g/mol. The van der Waals surface area contributed by atoms with E-state index in [-0.39, 0.29) is 105 Å². The molecule has 120 valence electrons. The largest absolute Gasteiger partial charge is 3.00 e. The summed E-state index contributed by atoms with van der Waals surface area (Å²) in [6.07, 6.45) is 0. The van der Waals surface area contributed by atoms with E-state index in [0.29, 0.717) is 0 Å². The molecule has 0 atom stereocenters. The molecule has 0 heterocycles. The standard InChI is InChI=1S/6C2H5O.2Y/c6*1-2-3;;/h6*2H2,1H3;;/q6*-1;2*+3. The van der Waals surface area contributed by atoms with Crippen molar-refractivity contribution in [3.05, 3.63) is 0 Å². The number of hydrogen-bond donors (Lipinski definition) is 0. The monoisotopic (exact) mass is 448 g/mol. The van der Waals surface area contributed by atoms with E-state index in [1.165, 1.54) is 0 Å². The molecule has 0 saturated carbocycles. The zero-order valence-electron chi connectivity index (χ0n) is 13.8. The van der Waals surface area contributed by atoms with Crippen LogP contribution in [0.15, 0.2) is 0 Å². The molecule has 0 unspecified atom stereocenters. The summed E-state index contributed by atoms with van der Waals surface area (Å²) in [7, 11) is 0. The Morgan fingerprint density at radius 3 is 0.350 bits per heavy atom. The molecule has 0 aromatic rings. The summed E-state index contributed by atoms with van der Waals surface area (Å²) in [5, 5.41) is 53.6. The Balaban J connectivity index is -0.0000000141. The first-order valence-electron chi connectivity index (χ1n) is 5.97. The van der Waals surface area contributed by atoms with Gasteiger partial charge in [-0.25, -0.2) is 0 Å². The van der Waals surface area contributed by atoms with Crippen molar-refractivity contribution < 1.29 is 96.1 Å². The molecule has 8 heteroatoms. The molecule has 0 aromatic heterocycles. The van der Waals surface area contributed by atoms with Gasteiger partial charge in [-0.1, -0.05) is 41.5 Å². The minimum Gasteiger partial charge on any atom is -0.855 e. The summed E-state index contributed by atoms with van der Waals surface area (Å²) in [6, 6.07) is 0. The van der Waals surface area contributed by atoms with Crippen LogP contribution in [0.25, 0.3) is 0 Å². The molecule has 0 radical (unpaired) electrons. The van der Waals surface area contributed by atoms with Crippen LogP contribution < -0.4 is 30.6 Å². The second kappa shape index (κ2) is 132. The summed E-state index contributed by atoms with van der Waals surface area (Å²) in [5.74, 6) is 0. The van der Waals surface area contributed by atoms with Crippen molar-refractivity contribution in [3.8, 4) is 0 Å². The van der Waals surface area contributed by atoms with Crippen molar-refractivity contribution in [1.29, 1.82) is 0 Å². The summed E-state index contributed by atoms with van der Waals surface area (Å²) >= 11 is 0. The zero-order chi connectivity index (χ0) is 16.2. The summed E-state index contributed by atoms with van der Waals surface area (Å²) in [4.78, 5) is 0. The molecular formula is C12H30O6Y2. The van der Waals surface area contributed by atoms with Crippen molar-refractivity contribution in [2.45, 2.75) is 41.5 Å². The average Bonchev–Trinajstić information content (AvgIpc) is 2.23. The van der Waals surface area contributed by atoms with Gasteiger partial charge in [0.25, 0.3) is 0 Å². The Hall–Kier alpha value is 1.97. The van der Waals surface area contributed by atoms with Gasteiger partial charge >= 0.3 is 65.4 Å². The van der Waals surface area contributed by atoms with Crippen LogP contribution in [-0.4, -0.2) is 39.6 Å². The first-order chi connectivity index (χ1) is 8.49. The van der Waals surface area contributed by atoms with Crippen LogP contribution in [0.1, 0.15) is 41.5 Å². The normalized spacial score (nSPS) is 5.40. The Labute approximate surface area is 175 Å². The first kappa shape index (κ1) is 49.5. The Kier molecular flexibility index (Phi) is 326. The van der Waals surface area contributed by atoms with Crippen LogP contribution in [0.5, 0.6) is 0 Å². The Bertz CT molecular complexity index is 41.4. The molecule has 0 bridgehead atoms. The Morgan fingerprint density at radius 1 is 0.350 bits per heavy atom. The smallest absolute Gasteiger partial charge is 0.855 e. The van der Waals surface area contributed by atoms with Gasteiger partial charge in [-0.3, -0.25) is 0 Å². The van der Waals surface area contributed by atoms with Crippen molar-refractivity contribution in [2.24, 2.45) is 0 Å². The molecule has 0 aromatic carbocycles. The predicted octanol–water partition coefficient (Wildman–Crippen LogP) is -3.81. The third-order valence-electron chi connectivity index (χ3n) is 0. The minimum atomic E-state index is 0. The maximum absolute atomic E-state index is 8.93. The zero-order valence-corrected chi connectivity index (χ0v) is 19.5. The molecule has 0 amide bonds. The van der Waals surface area contributed by atoms with Gasteiger partial charge in [-0.15, -0.1) is 39.6 Å². The summed E-state index contributed by atoms with van der Waals surface area (Å²) < 4.78 is 0. The van der Waals surface area contributed by atoms with Crippen LogP contribution in [0, 0.1) is 0 Å². The molecule has 0 aliphatic carbocycles. The van der Waals surface area contributed by atoms with Crippen LogP contribution in [0.3, 0.4) is 0 Å². The van der Waals surface area contributed by atoms with Gasteiger partial charge in [0.05, 0.1) is 0 Å². The van der Waals surface area contributed by atoms with E-state index in [4.69, 9.17) is 30.6 Å². The van der Waals surface area contributed by atoms with Crippen LogP contribution >= 0.6 is 0 Å². The molecule has 0 fully saturated rings. The third kappa shape index (κ3) is 1860. The van der Waals surface area contributed by atoms with Gasteiger partial charge in [0.15, 0.2) is 0 Å². The molecule has 0 saturated heterocycles. The molecule has 0 spiro atoms. The van der Waals surface area contributed by atoms with Gasteiger partial charge in [0.1, 0.15) is 0 Å². The quantitative estimate of drug-likeness (QED) is 0.373. The van der Waals surface area contributed by atoms with Gasteiger partial charge in [-0.2, -0.15) is 0 Å². The van der Waals surface area contributed by atoms with Gasteiger partial charge < -0.3 is 30.6 Å². The summed E-state index contributed by atoms with van der Waals surface area (Å²) in [6.45, 7) is 9.42. The fourth-order valence-electron chi connectivity index (χ4n) is 0. The first-order valence-corrected chi connectivity index (χ1v) is 5.97. The van der Waals surface area contributed by atoms with E-state index in [2.05, 4.69) is 0 Å². The van der Waals surface area contributed by atoms with E-state index in [1.54, 1.807) is 41.5 Å². The van der Waals surface area contributed by atoms with Crippen LogP contribution in [0.4, 0.5) is 0 Å². The van der Waals surface area contributed by atoms with Crippen LogP contribution in [-0.2, 0) is 65.4 Å². The van der Waals surface area contributed by atoms with E-state index < -0.39 is 0 Å². The van der Waals surface area contributed by atoms with Gasteiger partial charge in [-0.05, 0) is 0 Å². The third-order valence-corrected chi connectivity index (χ3v) is 0. The van der Waals surface area contributed by atoms with Crippen molar-refractivity contribution >= 4 is 0 Å². The number of hydrogen-bond acceptors (Lipinski definition) is 6. The topological polar surface area (TPSA) is 138 Å². The molecule has 0 rings (SSSR count). The van der Waals surface area contributed by atoms with Crippen LogP contribution in [0.2, 0.25) is 0 Å². The minimum absolute atomic E-state index is 0. The maximum Gasteiger partial charge on any atom is 3.00 e. The molecule has 20 heavy (non-hydrogen) atoms. The second-order valence-electron chi connectivity index (χ2n) is 1.73. The van der Waals surface area contributed by atoms with E-state index in [0.717, 1.165) is 0 Å². The van der Waals surface area contributed by atoms with E-state index in [1.807, 2.05) is 0 Å². The maximum atomic E-state index is 8.93. The second-order valence-corrected chi connectivity index (χ2v) is 1.73. The van der Waals surface area contributed by atoms with Gasteiger partial charge in [0, 0.05) is 0 Å². The molecule has 0 aliphatic rings. The molecule has 0 N–H and O–H groups in total. The summed E-state index contributed by atoms with van der Waals surface area (Å²) in [5.41, 5.74) is 0. The molecular weight excluding hydrogens is 418 g/mol.